The molecule has 0 saturated carbocycles. The lowest BCUT2D eigenvalue weighted by Gasteiger charge is -2.19. The van der Waals surface area contributed by atoms with Crippen molar-refractivity contribution in [3.63, 3.8) is 0 Å². The predicted octanol–water partition coefficient (Wildman–Crippen LogP) is 3.91. The van der Waals surface area contributed by atoms with Crippen LogP contribution in [0.25, 0.3) is 6.08 Å². The minimum atomic E-state index is -0.200. The number of hydrogen-bond acceptors (Lipinski definition) is 4. The molecule has 1 aromatic carbocycles. The number of hydrogen-bond donors (Lipinski definition) is 0. The molecule has 4 nitrogen and oxygen atoms in total. The Labute approximate surface area is 126 Å². The van der Waals surface area contributed by atoms with Gasteiger partial charge in [0.05, 0.1) is 5.02 Å². The molecule has 2 aromatic rings. The molecular formula is C16H13ClO4. The van der Waals surface area contributed by atoms with Crippen LogP contribution < -0.4 is 9.47 Å². The van der Waals surface area contributed by atoms with E-state index in [-0.39, 0.29) is 5.78 Å². The number of allylic oxidation sites excluding steroid dienone is 1. The second-order valence-electron chi connectivity index (χ2n) is 4.63. The molecule has 0 aliphatic carbocycles. The lowest BCUT2D eigenvalue weighted by atomic mass is 10.1. The minimum Gasteiger partial charge on any atom is -0.486 e. The van der Waals surface area contributed by atoms with E-state index in [1.165, 1.54) is 6.08 Å². The van der Waals surface area contributed by atoms with Gasteiger partial charge < -0.3 is 13.9 Å². The van der Waals surface area contributed by atoms with Crippen molar-refractivity contribution in [1.29, 1.82) is 0 Å². The number of rotatable bonds is 3. The molecule has 0 bridgehead atoms. The summed E-state index contributed by atoms with van der Waals surface area (Å²) in [6.45, 7) is 2.76. The van der Waals surface area contributed by atoms with Crippen LogP contribution in [0.3, 0.4) is 0 Å². The Hall–Kier alpha value is -2.20. The minimum absolute atomic E-state index is 0.200. The average molecular weight is 305 g/mol. The highest BCUT2D eigenvalue weighted by Gasteiger charge is 2.16. The number of carbonyl (C=O) groups is 1. The number of benzene rings is 1. The molecule has 1 aliphatic rings. The van der Waals surface area contributed by atoms with Gasteiger partial charge in [-0.15, -0.1) is 0 Å². The molecule has 1 aliphatic heterocycles. The summed E-state index contributed by atoms with van der Waals surface area (Å²) < 4.78 is 16.2. The van der Waals surface area contributed by atoms with Crippen molar-refractivity contribution in [1.82, 2.24) is 0 Å². The third-order valence-electron chi connectivity index (χ3n) is 3.03. The molecule has 108 valence electrons. The molecule has 0 amide bonds. The molecule has 0 N–H and O–H groups in total. The number of halogens is 1. The van der Waals surface area contributed by atoms with Gasteiger partial charge in [0.1, 0.15) is 19.0 Å². The first-order valence-electron chi connectivity index (χ1n) is 6.51. The summed E-state index contributed by atoms with van der Waals surface area (Å²) in [5.41, 5.74) is 0.765. The molecule has 1 aromatic heterocycles. The zero-order valence-electron chi connectivity index (χ0n) is 11.4. The van der Waals surface area contributed by atoms with Crippen LogP contribution in [0, 0.1) is 6.92 Å². The molecule has 0 saturated heterocycles. The van der Waals surface area contributed by atoms with Crippen molar-refractivity contribution >= 4 is 23.5 Å². The number of aryl methyl sites for hydroxylation is 1. The molecule has 0 radical (unpaired) electrons. The Kier molecular flexibility index (Phi) is 3.71. The first-order chi connectivity index (χ1) is 10.1. The highest BCUT2D eigenvalue weighted by Crippen LogP contribution is 2.38. The van der Waals surface area contributed by atoms with Crippen LogP contribution in [-0.4, -0.2) is 19.0 Å². The van der Waals surface area contributed by atoms with Crippen molar-refractivity contribution in [3.8, 4) is 11.5 Å². The number of furan rings is 1. The van der Waals surface area contributed by atoms with Gasteiger partial charge in [-0.25, -0.2) is 0 Å². The molecule has 0 spiro atoms. The van der Waals surface area contributed by atoms with Crippen LogP contribution in [0.2, 0.25) is 5.02 Å². The first kappa shape index (κ1) is 13.8. The fraction of sp³-hybridized carbons (Fsp3) is 0.188. The van der Waals surface area contributed by atoms with Crippen molar-refractivity contribution in [2.75, 3.05) is 13.2 Å². The summed E-state index contributed by atoms with van der Waals surface area (Å²) in [7, 11) is 0. The average Bonchev–Trinajstić information content (AvgIpc) is 2.91. The van der Waals surface area contributed by atoms with Gasteiger partial charge >= 0.3 is 0 Å². The number of fused-ring (bicyclic) bond motifs is 1. The topological polar surface area (TPSA) is 48.7 Å². The zero-order valence-corrected chi connectivity index (χ0v) is 12.1. The highest BCUT2D eigenvalue weighted by molar-refractivity contribution is 6.32. The van der Waals surface area contributed by atoms with E-state index in [2.05, 4.69) is 0 Å². The monoisotopic (exact) mass is 304 g/mol. The number of ketones is 1. The normalized spacial score (nSPS) is 13.6. The molecule has 0 fully saturated rings. The molecule has 0 atom stereocenters. The first-order valence-corrected chi connectivity index (χ1v) is 6.89. The molecule has 3 rings (SSSR count). The summed E-state index contributed by atoms with van der Waals surface area (Å²) in [6.07, 6.45) is 3.12. The Bertz CT molecular complexity index is 715. The van der Waals surface area contributed by atoms with Crippen LogP contribution in [0.4, 0.5) is 0 Å². The van der Waals surface area contributed by atoms with E-state index in [9.17, 15) is 4.79 Å². The van der Waals surface area contributed by atoms with Crippen LogP contribution >= 0.6 is 11.6 Å². The number of ether oxygens (including phenoxy) is 2. The molecule has 2 heterocycles. The van der Waals surface area contributed by atoms with E-state index in [0.29, 0.717) is 41.3 Å². The predicted molar refractivity (Wildman–Crippen MR) is 79.3 cm³/mol. The van der Waals surface area contributed by atoms with Crippen LogP contribution in [-0.2, 0) is 0 Å². The van der Waals surface area contributed by atoms with E-state index in [1.54, 1.807) is 37.3 Å². The molecule has 0 unspecified atom stereocenters. The van der Waals surface area contributed by atoms with Crippen LogP contribution in [0.1, 0.15) is 21.9 Å². The maximum Gasteiger partial charge on any atom is 0.221 e. The lowest BCUT2D eigenvalue weighted by molar-refractivity contribution is 0.102. The maximum absolute atomic E-state index is 11.9. The fourth-order valence-corrected chi connectivity index (χ4v) is 2.32. The summed E-state index contributed by atoms with van der Waals surface area (Å²) in [5.74, 6) is 1.96. The van der Waals surface area contributed by atoms with E-state index in [0.717, 1.165) is 5.56 Å². The van der Waals surface area contributed by atoms with Crippen molar-refractivity contribution in [3.05, 3.63) is 52.4 Å². The van der Waals surface area contributed by atoms with Gasteiger partial charge in [-0.1, -0.05) is 17.7 Å². The third-order valence-corrected chi connectivity index (χ3v) is 3.31. The van der Waals surface area contributed by atoms with Gasteiger partial charge in [-0.3, -0.25) is 4.79 Å². The van der Waals surface area contributed by atoms with Crippen LogP contribution in [0.5, 0.6) is 11.5 Å². The maximum atomic E-state index is 11.9. The quantitative estimate of drug-likeness (QED) is 0.637. The van der Waals surface area contributed by atoms with Gasteiger partial charge in [0.2, 0.25) is 5.78 Å². The Morgan fingerprint density at radius 1 is 1.24 bits per heavy atom. The lowest BCUT2D eigenvalue weighted by Crippen LogP contribution is -2.15. The fourth-order valence-electron chi connectivity index (χ4n) is 2.05. The Morgan fingerprint density at radius 3 is 2.81 bits per heavy atom. The molecule has 5 heteroatoms. The van der Waals surface area contributed by atoms with E-state index >= 15 is 0 Å². The van der Waals surface area contributed by atoms with Crippen molar-refractivity contribution in [2.45, 2.75) is 6.92 Å². The smallest absolute Gasteiger partial charge is 0.221 e. The second-order valence-corrected chi connectivity index (χ2v) is 5.04. The Morgan fingerprint density at radius 2 is 2.05 bits per heavy atom. The largest absolute Gasteiger partial charge is 0.486 e. The second kappa shape index (κ2) is 5.66. The molecule has 21 heavy (non-hydrogen) atoms. The van der Waals surface area contributed by atoms with Crippen LogP contribution in [0.15, 0.2) is 34.8 Å². The summed E-state index contributed by atoms with van der Waals surface area (Å²) >= 11 is 6.14. The highest BCUT2D eigenvalue weighted by atomic mass is 35.5. The van der Waals surface area contributed by atoms with E-state index < -0.39 is 0 Å². The Balaban J connectivity index is 1.83. The van der Waals surface area contributed by atoms with Gasteiger partial charge in [0.15, 0.2) is 17.3 Å². The van der Waals surface area contributed by atoms with Gasteiger partial charge in [-0.05, 0) is 42.8 Å². The summed E-state index contributed by atoms with van der Waals surface area (Å²) in [5, 5.41) is 0.466. The zero-order chi connectivity index (χ0) is 14.8. The van der Waals surface area contributed by atoms with Gasteiger partial charge in [-0.2, -0.15) is 0 Å². The summed E-state index contributed by atoms with van der Waals surface area (Å²) in [4.78, 5) is 11.9. The molecular weight excluding hydrogens is 292 g/mol. The van der Waals surface area contributed by atoms with Gasteiger partial charge in [0, 0.05) is 0 Å². The van der Waals surface area contributed by atoms with Crippen molar-refractivity contribution < 1.29 is 18.7 Å². The summed E-state index contributed by atoms with van der Waals surface area (Å²) in [6, 6.07) is 6.92. The number of carbonyl (C=O) groups excluding carboxylic acids is 1. The van der Waals surface area contributed by atoms with E-state index in [4.69, 9.17) is 25.5 Å². The third kappa shape index (κ3) is 2.95. The van der Waals surface area contributed by atoms with Gasteiger partial charge in [0.25, 0.3) is 0 Å². The SMILES string of the molecule is Cc1ccc(C(=O)/C=C/c2cc(Cl)c3c(c2)OCCO3)o1. The standard InChI is InChI=1S/C16H13ClO4/c1-10-2-5-14(21-10)13(18)4-3-11-8-12(17)16-15(9-11)19-6-7-20-16/h2-5,8-9H,6-7H2,1H3/b4-3+. The van der Waals surface area contributed by atoms with Crippen molar-refractivity contribution in [2.24, 2.45) is 0 Å². The van der Waals surface area contributed by atoms with E-state index in [1.807, 2.05) is 0 Å².